The molecule has 28 heavy (non-hydrogen) atoms. The lowest BCUT2D eigenvalue weighted by Crippen LogP contribution is -2.31. The number of hydrogen-bond acceptors (Lipinski definition) is 6. The Hall–Kier alpha value is -2.64. The molecule has 8 heteroatoms. The number of benzene rings is 1. The highest BCUT2D eigenvalue weighted by atomic mass is 35.5. The molecule has 1 aliphatic rings. The Morgan fingerprint density at radius 2 is 2.18 bits per heavy atom. The largest absolute Gasteiger partial charge is 0.495 e. The average molecular weight is 401 g/mol. The van der Waals surface area contributed by atoms with Crippen molar-refractivity contribution in [2.75, 3.05) is 18.6 Å². The van der Waals surface area contributed by atoms with Gasteiger partial charge in [-0.2, -0.15) is 4.98 Å². The number of methoxy groups -OCH3 is 1. The molecule has 2 aromatic heterocycles. The first-order valence-electron chi connectivity index (χ1n) is 9.12. The van der Waals surface area contributed by atoms with Crippen LogP contribution in [0.5, 0.6) is 5.75 Å². The number of hydrogen-bond donors (Lipinski definition) is 1. The molecule has 0 spiro atoms. The van der Waals surface area contributed by atoms with Crippen molar-refractivity contribution in [3.05, 3.63) is 57.0 Å². The van der Waals surface area contributed by atoms with E-state index in [-0.39, 0.29) is 5.56 Å². The highest BCUT2D eigenvalue weighted by Crippen LogP contribution is 2.26. The number of pyridine rings is 1. The maximum absolute atomic E-state index is 12.7. The van der Waals surface area contributed by atoms with Crippen molar-refractivity contribution in [2.24, 2.45) is 0 Å². The summed E-state index contributed by atoms with van der Waals surface area (Å²) in [5.41, 5.74) is 2.07. The molecule has 0 saturated carbocycles. The van der Waals surface area contributed by atoms with Gasteiger partial charge < -0.3 is 14.7 Å². The van der Waals surface area contributed by atoms with Gasteiger partial charge in [0.05, 0.1) is 18.7 Å². The van der Waals surface area contributed by atoms with E-state index in [1.165, 1.54) is 0 Å². The molecule has 1 aliphatic heterocycles. The second-order valence-electron chi connectivity index (χ2n) is 6.94. The molecule has 3 heterocycles. The van der Waals surface area contributed by atoms with E-state index in [4.69, 9.17) is 16.3 Å². The number of rotatable bonds is 4. The Kier molecular flexibility index (Phi) is 4.95. The number of anilines is 1. The SMILES string of the molecule is COc1ccc(Cn2c(=O)cc(C)c3cnc(N4CCC[C@@H]4O)nc32)cc1Cl. The topological polar surface area (TPSA) is 80.5 Å². The van der Waals surface area contributed by atoms with Crippen LogP contribution < -0.4 is 15.2 Å². The fraction of sp³-hybridized carbons (Fsp3) is 0.350. The quantitative estimate of drug-likeness (QED) is 0.725. The van der Waals surface area contributed by atoms with Gasteiger partial charge in [0.1, 0.15) is 17.6 Å². The van der Waals surface area contributed by atoms with Crippen LogP contribution in [0, 0.1) is 6.92 Å². The minimum absolute atomic E-state index is 0.149. The molecule has 4 rings (SSSR count). The summed E-state index contributed by atoms with van der Waals surface area (Å²) in [7, 11) is 1.56. The number of nitrogens with zero attached hydrogens (tertiary/aromatic N) is 4. The van der Waals surface area contributed by atoms with Crippen molar-refractivity contribution >= 4 is 28.6 Å². The van der Waals surface area contributed by atoms with Gasteiger partial charge in [-0.3, -0.25) is 9.36 Å². The van der Waals surface area contributed by atoms with E-state index in [2.05, 4.69) is 9.97 Å². The van der Waals surface area contributed by atoms with E-state index in [0.717, 1.165) is 22.9 Å². The molecule has 0 amide bonds. The van der Waals surface area contributed by atoms with Crippen molar-refractivity contribution in [2.45, 2.75) is 32.5 Å². The monoisotopic (exact) mass is 400 g/mol. The van der Waals surface area contributed by atoms with Crippen LogP contribution in [-0.4, -0.2) is 39.5 Å². The van der Waals surface area contributed by atoms with Crippen LogP contribution in [0.3, 0.4) is 0 Å². The minimum atomic E-state index is -0.595. The van der Waals surface area contributed by atoms with Crippen molar-refractivity contribution < 1.29 is 9.84 Å². The Morgan fingerprint density at radius 1 is 1.36 bits per heavy atom. The molecule has 1 atom stereocenters. The first-order valence-corrected chi connectivity index (χ1v) is 9.50. The van der Waals surface area contributed by atoms with Gasteiger partial charge >= 0.3 is 0 Å². The Balaban J connectivity index is 1.82. The summed E-state index contributed by atoms with van der Waals surface area (Å²) in [4.78, 5) is 23.6. The molecule has 1 N–H and O–H groups in total. The van der Waals surface area contributed by atoms with Crippen LogP contribution in [0.2, 0.25) is 5.02 Å². The van der Waals surface area contributed by atoms with E-state index < -0.39 is 6.23 Å². The van der Waals surface area contributed by atoms with Gasteiger partial charge in [-0.1, -0.05) is 17.7 Å². The zero-order chi connectivity index (χ0) is 19.8. The van der Waals surface area contributed by atoms with E-state index >= 15 is 0 Å². The summed E-state index contributed by atoms with van der Waals surface area (Å²) in [6.07, 6.45) is 2.69. The summed E-state index contributed by atoms with van der Waals surface area (Å²) in [6.45, 7) is 2.88. The number of aromatic nitrogens is 3. The zero-order valence-electron chi connectivity index (χ0n) is 15.7. The van der Waals surface area contributed by atoms with E-state index in [1.54, 1.807) is 41.0 Å². The maximum atomic E-state index is 12.7. The second kappa shape index (κ2) is 7.41. The number of aliphatic hydroxyl groups is 1. The average Bonchev–Trinajstić information content (AvgIpc) is 3.11. The lowest BCUT2D eigenvalue weighted by Gasteiger charge is -2.21. The molecule has 3 aromatic rings. The van der Waals surface area contributed by atoms with Gasteiger partial charge in [-0.15, -0.1) is 0 Å². The first-order chi connectivity index (χ1) is 13.5. The summed E-state index contributed by atoms with van der Waals surface area (Å²) < 4.78 is 6.80. The molecule has 1 fully saturated rings. The van der Waals surface area contributed by atoms with Crippen LogP contribution in [0.1, 0.15) is 24.0 Å². The maximum Gasteiger partial charge on any atom is 0.252 e. The molecule has 0 aliphatic carbocycles. The molecule has 7 nitrogen and oxygen atoms in total. The van der Waals surface area contributed by atoms with Gasteiger partial charge in [-0.25, -0.2) is 4.98 Å². The number of halogens is 1. The predicted octanol–water partition coefficient (Wildman–Crippen LogP) is 2.73. The van der Waals surface area contributed by atoms with E-state index in [1.807, 2.05) is 13.0 Å². The van der Waals surface area contributed by atoms with Crippen molar-refractivity contribution in [3.8, 4) is 5.75 Å². The fourth-order valence-corrected chi connectivity index (χ4v) is 3.84. The number of fused-ring (bicyclic) bond motifs is 1. The normalized spacial score (nSPS) is 16.7. The smallest absolute Gasteiger partial charge is 0.252 e. The molecular formula is C20H21ClN4O3. The molecular weight excluding hydrogens is 380 g/mol. The standard InChI is InChI=1S/C20H21ClN4O3/c1-12-8-18(27)25(11-13-5-6-16(28-2)15(21)9-13)19-14(12)10-22-20(23-19)24-7-3-4-17(24)26/h5-6,8-10,17,26H,3-4,7,11H2,1-2H3/t17-/m0/s1. The van der Waals surface area contributed by atoms with E-state index in [0.29, 0.717) is 41.9 Å². The van der Waals surface area contributed by atoms with Gasteiger partial charge in [0.25, 0.3) is 5.56 Å². The summed E-state index contributed by atoms with van der Waals surface area (Å²) in [6, 6.07) is 7.02. The Morgan fingerprint density at radius 3 is 2.86 bits per heavy atom. The Bertz CT molecular complexity index is 1100. The van der Waals surface area contributed by atoms with Crippen molar-refractivity contribution in [1.29, 1.82) is 0 Å². The minimum Gasteiger partial charge on any atom is -0.495 e. The number of ether oxygens (including phenoxy) is 1. The lowest BCUT2D eigenvalue weighted by atomic mass is 10.1. The van der Waals surface area contributed by atoms with Crippen LogP contribution in [0.4, 0.5) is 5.95 Å². The number of aliphatic hydroxyl groups excluding tert-OH is 1. The summed E-state index contributed by atoms with van der Waals surface area (Å²) >= 11 is 6.23. The van der Waals surface area contributed by atoms with E-state index in [9.17, 15) is 9.90 Å². The second-order valence-corrected chi connectivity index (χ2v) is 7.35. The molecule has 0 radical (unpaired) electrons. The van der Waals surface area contributed by atoms with Crippen LogP contribution in [-0.2, 0) is 6.54 Å². The highest BCUT2D eigenvalue weighted by molar-refractivity contribution is 6.32. The third-order valence-electron chi connectivity index (χ3n) is 5.08. The highest BCUT2D eigenvalue weighted by Gasteiger charge is 2.25. The van der Waals surface area contributed by atoms with Gasteiger partial charge in [0.2, 0.25) is 5.95 Å². The van der Waals surface area contributed by atoms with Crippen LogP contribution >= 0.6 is 11.6 Å². The van der Waals surface area contributed by atoms with Crippen molar-refractivity contribution in [1.82, 2.24) is 14.5 Å². The molecule has 1 aromatic carbocycles. The van der Waals surface area contributed by atoms with Gasteiger partial charge in [-0.05, 0) is 43.0 Å². The number of aryl methyl sites for hydroxylation is 1. The third kappa shape index (κ3) is 3.31. The zero-order valence-corrected chi connectivity index (χ0v) is 16.5. The predicted molar refractivity (Wildman–Crippen MR) is 108 cm³/mol. The molecule has 0 bridgehead atoms. The van der Waals surface area contributed by atoms with Crippen LogP contribution in [0.15, 0.2) is 35.3 Å². The lowest BCUT2D eigenvalue weighted by molar-refractivity contribution is 0.184. The Labute approximate surface area is 167 Å². The molecule has 1 saturated heterocycles. The fourth-order valence-electron chi connectivity index (χ4n) is 3.56. The van der Waals surface area contributed by atoms with Gasteiger partial charge in [0.15, 0.2) is 0 Å². The third-order valence-corrected chi connectivity index (χ3v) is 5.37. The van der Waals surface area contributed by atoms with Crippen molar-refractivity contribution in [3.63, 3.8) is 0 Å². The van der Waals surface area contributed by atoms with Gasteiger partial charge in [0, 0.05) is 24.2 Å². The first kappa shape index (κ1) is 18.7. The summed E-state index contributed by atoms with van der Waals surface area (Å²) in [5.74, 6) is 1.02. The molecule has 0 unspecified atom stereocenters. The summed E-state index contributed by atoms with van der Waals surface area (Å²) in [5, 5.41) is 11.4. The van der Waals surface area contributed by atoms with Crippen LogP contribution in [0.25, 0.3) is 11.0 Å². The molecule has 146 valence electrons.